The van der Waals surface area contributed by atoms with Gasteiger partial charge in [-0.2, -0.15) is 0 Å². The Morgan fingerprint density at radius 1 is 1.13 bits per heavy atom. The highest BCUT2D eigenvalue weighted by Crippen LogP contribution is 2.19. The van der Waals surface area contributed by atoms with E-state index in [0.29, 0.717) is 6.54 Å². The third-order valence-electron chi connectivity index (χ3n) is 4.28. The summed E-state index contributed by atoms with van der Waals surface area (Å²) in [7, 11) is 0. The van der Waals surface area contributed by atoms with Gasteiger partial charge < -0.3 is 15.7 Å². The fraction of sp³-hybridized carbons (Fsp3) is 0.316. The summed E-state index contributed by atoms with van der Waals surface area (Å²) < 4.78 is 0. The Hall–Kier alpha value is -2.33. The minimum absolute atomic E-state index is 0.0182. The van der Waals surface area contributed by atoms with E-state index in [1.54, 1.807) is 0 Å². The Kier molecular flexibility index (Phi) is 4.93. The van der Waals surface area contributed by atoms with E-state index in [-0.39, 0.29) is 24.6 Å². The van der Waals surface area contributed by atoms with Crippen LogP contribution in [0.2, 0.25) is 0 Å². The van der Waals surface area contributed by atoms with Gasteiger partial charge in [-0.1, -0.05) is 54.6 Å². The molecule has 0 radical (unpaired) electrons. The molecule has 120 valence electrons. The summed E-state index contributed by atoms with van der Waals surface area (Å²) in [6.07, 6.45) is 5.48. The number of aliphatic hydroxyl groups is 1. The average molecular weight is 310 g/mol. The summed E-state index contributed by atoms with van der Waals surface area (Å²) in [4.78, 5) is 11.9. The maximum atomic E-state index is 11.9. The van der Waals surface area contributed by atoms with Gasteiger partial charge in [-0.05, 0) is 29.2 Å². The van der Waals surface area contributed by atoms with E-state index < -0.39 is 0 Å². The number of hydrogen-bond donors (Lipinski definition) is 3. The van der Waals surface area contributed by atoms with E-state index in [1.165, 1.54) is 16.3 Å². The molecule has 0 saturated carbocycles. The number of rotatable bonds is 5. The van der Waals surface area contributed by atoms with E-state index in [1.807, 2.05) is 24.3 Å². The normalized spacial score (nSPS) is 19.9. The molecule has 1 aliphatic carbocycles. The Labute approximate surface area is 136 Å². The van der Waals surface area contributed by atoms with Crippen molar-refractivity contribution in [3.05, 3.63) is 60.2 Å². The molecule has 4 heteroatoms. The number of carbonyl (C=O) groups is 1. The van der Waals surface area contributed by atoms with E-state index in [9.17, 15) is 4.79 Å². The highest BCUT2D eigenvalue weighted by Gasteiger charge is 2.19. The van der Waals surface area contributed by atoms with Crippen LogP contribution in [0.25, 0.3) is 10.8 Å². The van der Waals surface area contributed by atoms with E-state index in [0.717, 1.165) is 12.8 Å². The van der Waals surface area contributed by atoms with Crippen molar-refractivity contribution in [2.75, 3.05) is 13.2 Å². The SMILES string of the molecule is O=C(NCCc1cccc2ccccc12)N[C@@H]1C=C[C@H](CO)C1. The van der Waals surface area contributed by atoms with Crippen molar-refractivity contribution in [2.45, 2.75) is 18.9 Å². The molecule has 23 heavy (non-hydrogen) atoms. The number of hydrogen-bond acceptors (Lipinski definition) is 2. The average Bonchev–Trinajstić information content (AvgIpc) is 3.02. The largest absolute Gasteiger partial charge is 0.396 e. The molecule has 3 N–H and O–H groups in total. The number of carbonyl (C=O) groups excluding carboxylic acids is 1. The summed E-state index contributed by atoms with van der Waals surface area (Å²) >= 11 is 0. The van der Waals surface area contributed by atoms with Gasteiger partial charge in [-0.25, -0.2) is 4.79 Å². The third-order valence-corrected chi connectivity index (χ3v) is 4.28. The van der Waals surface area contributed by atoms with Gasteiger partial charge in [0.25, 0.3) is 0 Å². The fourth-order valence-electron chi connectivity index (χ4n) is 3.06. The van der Waals surface area contributed by atoms with Gasteiger partial charge in [-0.3, -0.25) is 0 Å². The minimum Gasteiger partial charge on any atom is -0.396 e. The maximum absolute atomic E-state index is 11.9. The van der Waals surface area contributed by atoms with Crippen LogP contribution in [0.4, 0.5) is 4.79 Å². The number of amides is 2. The molecule has 4 nitrogen and oxygen atoms in total. The Morgan fingerprint density at radius 2 is 1.96 bits per heavy atom. The van der Waals surface area contributed by atoms with Crippen molar-refractivity contribution in [3.8, 4) is 0 Å². The first-order chi connectivity index (χ1) is 11.3. The molecule has 2 atom stereocenters. The van der Waals surface area contributed by atoms with Crippen molar-refractivity contribution in [2.24, 2.45) is 5.92 Å². The number of benzene rings is 2. The monoisotopic (exact) mass is 310 g/mol. The topological polar surface area (TPSA) is 61.4 Å². The van der Waals surface area contributed by atoms with Gasteiger partial charge in [0, 0.05) is 25.1 Å². The van der Waals surface area contributed by atoms with Crippen LogP contribution in [0.3, 0.4) is 0 Å². The quantitative estimate of drug-likeness (QED) is 0.744. The van der Waals surface area contributed by atoms with Crippen LogP contribution in [-0.2, 0) is 6.42 Å². The third kappa shape index (κ3) is 3.90. The van der Waals surface area contributed by atoms with Gasteiger partial charge in [0.05, 0.1) is 0 Å². The fourth-order valence-corrected chi connectivity index (χ4v) is 3.06. The van der Waals surface area contributed by atoms with Gasteiger partial charge in [0.15, 0.2) is 0 Å². The molecule has 2 aromatic rings. The lowest BCUT2D eigenvalue weighted by molar-refractivity contribution is 0.231. The predicted molar refractivity (Wildman–Crippen MR) is 92.3 cm³/mol. The molecule has 2 amide bonds. The second-order valence-corrected chi connectivity index (χ2v) is 5.96. The molecule has 0 aromatic heterocycles. The first-order valence-electron chi connectivity index (χ1n) is 8.06. The van der Waals surface area contributed by atoms with Crippen molar-refractivity contribution in [3.63, 3.8) is 0 Å². The molecule has 0 fully saturated rings. The van der Waals surface area contributed by atoms with Gasteiger partial charge >= 0.3 is 6.03 Å². The molecular weight excluding hydrogens is 288 g/mol. The van der Waals surface area contributed by atoms with Crippen LogP contribution >= 0.6 is 0 Å². The summed E-state index contributed by atoms with van der Waals surface area (Å²) in [5.74, 6) is 0.163. The summed E-state index contributed by atoms with van der Waals surface area (Å²) in [5.41, 5.74) is 1.24. The smallest absolute Gasteiger partial charge is 0.315 e. The van der Waals surface area contributed by atoms with Gasteiger partial charge in [-0.15, -0.1) is 0 Å². The van der Waals surface area contributed by atoms with Crippen LogP contribution in [-0.4, -0.2) is 30.3 Å². The standard InChI is InChI=1S/C19H22N2O2/c22-13-14-8-9-17(12-14)21-19(23)20-11-10-16-6-3-5-15-4-1-2-7-18(15)16/h1-9,14,17,22H,10-13H2,(H2,20,21,23)/t14-,17+/m0/s1. The van der Waals surface area contributed by atoms with Crippen LogP contribution in [0.5, 0.6) is 0 Å². The lowest BCUT2D eigenvalue weighted by Crippen LogP contribution is -2.41. The van der Waals surface area contributed by atoms with Crippen molar-refractivity contribution < 1.29 is 9.90 Å². The van der Waals surface area contributed by atoms with E-state index in [4.69, 9.17) is 5.11 Å². The van der Waals surface area contributed by atoms with Crippen LogP contribution in [0.1, 0.15) is 12.0 Å². The minimum atomic E-state index is -0.154. The molecule has 0 spiro atoms. The maximum Gasteiger partial charge on any atom is 0.315 e. The molecule has 0 heterocycles. The lowest BCUT2D eigenvalue weighted by atomic mass is 10.0. The second-order valence-electron chi connectivity index (χ2n) is 5.96. The van der Waals surface area contributed by atoms with Crippen molar-refractivity contribution in [1.82, 2.24) is 10.6 Å². The zero-order chi connectivity index (χ0) is 16.1. The Balaban J connectivity index is 1.49. The lowest BCUT2D eigenvalue weighted by Gasteiger charge is -2.14. The van der Waals surface area contributed by atoms with Crippen LogP contribution < -0.4 is 10.6 Å². The predicted octanol–water partition coefficient (Wildman–Crippen LogP) is 2.62. The van der Waals surface area contributed by atoms with E-state index in [2.05, 4.69) is 41.0 Å². The van der Waals surface area contributed by atoms with E-state index >= 15 is 0 Å². The zero-order valence-corrected chi connectivity index (χ0v) is 13.0. The summed E-state index contributed by atoms with van der Waals surface area (Å²) in [5, 5.41) is 17.4. The Bertz CT molecular complexity index is 706. The number of aliphatic hydroxyl groups excluding tert-OH is 1. The molecule has 0 saturated heterocycles. The summed E-state index contributed by atoms with van der Waals surface area (Å²) in [6, 6.07) is 14.4. The molecule has 0 aliphatic heterocycles. The molecule has 2 aromatic carbocycles. The van der Waals surface area contributed by atoms with Crippen LogP contribution in [0, 0.1) is 5.92 Å². The van der Waals surface area contributed by atoms with Crippen molar-refractivity contribution in [1.29, 1.82) is 0 Å². The zero-order valence-electron chi connectivity index (χ0n) is 13.0. The number of urea groups is 1. The van der Waals surface area contributed by atoms with Crippen LogP contribution in [0.15, 0.2) is 54.6 Å². The summed E-state index contributed by atoms with van der Waals surface area (Å²) in [6.45, 7) is 0.733. The number of fused-ring (bicyclic) bond motifs is 1. The van der Waals surface area contributed by atoms with Gasteiger partial charge in [0.2, 0.25) is 0 Å². The molecule has 1 aliphatic rings. The second kappa shape index (κ2) is 7.29. The molecule has 3 rings (SSSR count). The van der Waals surface area contributed by atoms with Gasteiger partial charge in [0.1, 0.15) is 0 Å². The highest BCUT2D eigenvalue weighted by molar-refractivity contribution is 5.85. The first-order valence-corrected chi connectivity index (χ1v) is 8.06. The molecule has 0 bridgehead atoms. The highest BCUT2D eigenvalue weighted by atomic mass is 16.3. The molecule has 0 unspecified atom stereocenters. The first kappa shape index (κ1) is 15.6. The molecular formula is C19H22N2O2. The number of nitrogens with one attached hydrogen (secondary N) is 2. The Morgan fingerprint density at radius 3 is 2.78 bits per heavy atom. The van der Waals surface area contributed by atoms with Crippen molar-refractivity contribution >= 4 is 16.8 Å².